The first-order valence-electron chi connectivity index (χ1n) is 4.15. The smallest absolute Gasteiger partial charge is 0.302 e. The van der Waals surface area contributed by atoms with E-state index in [1.807, 2.05) is 26.0 Å². The Bertz CT molecular complexity index is 300. The largest absolute Gasteiger partial charge is 0.461 e. The molecule has 0 radical (unpaired) electrons. The van der Waals surface area contributed by atoms with E-state index in [0.29, 0.717) is 6.61 Å². The summed E-state index contributed by atoms with van der Waals surface area (Å²) in [5.41, 5.74) is 2.88. The van der Waals surface area contributed by atoms with Crippen molar-refractivity contribution in [3.8, 4) is 0 Å². The number of ether oxygens (including phenoxy) is 1. The predicted octanol–water partition coefficient (Wildman–Crippen LogP) is 1.76. The van der Waals surface area contributed by atoms with E-state index in [2.05, 4.69) is 4.98 Å². The molecule has 0 unspecified atom stereocenters. The fraction of sp³-hybridized carbons (Fsp3) is 0.400. The topological polar surface area (TPSA) is 39.2 Å². The Morgan fingerprint density at radius 3 is 2.38 bits per heavy atom. The van der Waals surface area contributed by atoms with Crippen molar-refractivity contribution in [3.63, 3.8) is 0 Å². The molecule has 1 rings (SSSR count). The lowest BCUT2D eigenvalue weighted by Crippen LogP contribution is -2.00. The number of carbonyl (C=O) groups excluding carboxylic acids is 1. The minimum absolute atomic E-state index is 0.257. The molecule has 0 spiro atoms. The third-order valence-corrected chi connectivity index (χ3v) is 1.58. The molecule has 0 saturated heterocycles. The maximum atomic E-state index is 10.5. The van der Waals surface area contributed by atoms with Gasteiger partial charge in [0.1, 0.15) is 6.61 Å². The number of hydrogen-bond acceptors (Lipinski definition) is 3. The summed E-state index contributed by atoms with van der Waals surface area (Å²) < 4.78 is 4.87. The Kier molecular flexibility index (Phi) is 3.01. The average molecular weight is 179 g/mol. The van der Waals surface area contributed by atoms with E-state index >= 15 is 0 Å². The molecule has 0 bridgehead atoms. The summed E-state index contributed by atoms with van der Waals surface area (Å²) in [7, 11) is 0. The van der Waals surface area contributed by atoms with E-state index < -0.39 is 0 Å². The molecular formula is C10H13NO2. The fourth-order valence-electron chi connectivity index (χ4n) is 1.19. The fourth-order valence-corrected chi connectivity index (χ4v) is 1.19. The number of nitrogens with zero attached hydrogens (tertiary/aromatic N) is 1. The summed E-state index contributed by atoms with van der Waals surface area (Å²) in [5, 5.41) is 0. The first-order valence-corrected chi connectivity index (χ1v) is 4.15. The highest BCUT2D eigenvalue weighted by molar-refractivity contribution is 5.65. The molecule has 70 valence electrons. The Labute approximate surface area is 77.8 Å². The highest BCUT2D eigenvalue weighted by Crippen LogP contribution is 2.06. The molecule has 0 aliphatic rings. The monoisotopic (exact) mass is 179 g/mol. The van der Waals surface area contributed by atoms with E-state index in [1.165, 1.54) is 6.92 Å². The van der Waals surface area contributed by atoms with E-state index in [-0.39, 0.29) is 5.97 Å². The molecule has 0 saturated carbocycles. The number of esters is 1. The van der Waals surface area contributed by atoms with Crippen LogP contribution < -0.4 is 0 Å². The summed E-state index contributed by atoms with van der Waals surface area (Å²) in [5.74, 6) is -0.257. The zero-order valence-corrected chi connectivity index (χ0v) is 8.13. The van der Waals surface area contributed by atoms with Crippen LogP contribution in [0.4, 0.5) is 0 Å². The summed E-state index contributed by atoms with van der Waals surface area (Å²) in [6, 6.07) is 3.83. The Morgan fingerprint density at radius 1 is 1.38 bits per heavy atom. The second-order valence-corrected chi connectivity index (χ2v) is 3.04. The minimum Gasteiger partial charge on any atom is -0.461 e. The molecule has 3 nitrogen and oxygen atoms in total. The van der Waals surface area contributed by atoms with Gasteiger partial charge in [-0.2, -0.15) is 0 Å². The molecule has 0 N–H and O–H groups in total. The van der Waals surface area contributed by atoms with Crippen LogP contribution in [0.1, 0.15) is 23.9 Å². The maximum Gasteiger partial charge on any atom is 0.302 e. The Morgan fingerprint density at radius 2 is 1.92 bits per heavy atom. The van der Waals surface area contributed by atoms with Crippen LogP contribution in [0.5, 0.6) is 0 Å². The normalized spacial score (nSPS) is 9.77. The van der Waals surface area contributed by atoms with E-state index in [0.717, 1.165) is 17.0 Å². The summed E-state index contributed by atoms with van der Waals surface area (Å²) in [6.07, 6.45) is 0. The second-order valence-electron chi connectivity index (χ2n) is 3.04. The van der Waals surface area contributed by atoms with Gasteiger partial charge < -0.3 is 4.74 Å². The first-order chi connectivity index (χ1) is 6.08. The standard InChI is InChI=1S/C10H13NO2/c1-7-4-10(5-8(2)11-7)6-13-9(3)12/h4-5H,6H2,1-3H3. The lowest BCUT2D eigenvalue weighted by atomic mass is 10.2. The Balaban J connectivity index is 2.71. The van der Waals surface area contributed by atoms with Crippen LogP contribution in [0.2, 0.25) is 0 Å². The van der Waals surface area contributed by atoms with Crippen molar-refractivity contribution in [2.75, 3.05) is 0 Å². The van der Waals surface area contributed by atoms with Crippen molar-refractivity contribution in [3.05, 3.63) is 29.1 Å². The number of aromatic nitrogens is 1. The van der Waals surface area contributed by atoms with Gasteiger partial charge in [-0.3, -0.25) is 9.78 Å². The number of aryl methyl sites for hydroxylation is 2. The van der Waals surface area contributed by atoms with Crippen molar-refractivity contribution in [2.45, 2.75) is 27.4 Å². The number of hydrogen-bond donors (Lipinski definition) is 0. The second kappa shape index (κ2) is 4.03. The van der Waals surface area contributed by atoms with E-state index in [4.69, 9.17) is 4.74 Å². The summed E-state index contributed by atoms with van der Waals surface area (Å²) >= 11 is 0. The van der Waals surface area contributed by atoms with Crippen LogP contribution in [0.15, 0.2) is 12.1 Å². The molecule has 0 amide bonds. The molecule has 0 atom stereocenters. The molecule has 0 aliphatic carbocycles. The molecule has 13 heavy (non-hydrogen) atoms. The van der Waals surface area contributed by atoms with Crippen LogP contribution in [0, 0.1) is 13.8 Å². The van der Waals surface area contributed by atoms with Crippen molar-refractivity contribution in [1.29, 1.82) is 0 Å². The summed E-state index contributed by atoms with van der Waals surface area (Å²) in [4.78, 5) is 14.8. The third-order valence-electron chi connectivity index (χ3n) is 1.58. The van der Waals surface area contributed by atoms with Crippen molar-refractivity contribution < 1.29 is 9.53 Å². The third kappa shape index (κ3) is 3.23. The van der Waals surface area contributed by atoms with Crippen LogP contribution >= 0.6 is 0 Å². The zero-order chi connectivity index (χ0) is 9.84. The minimum atomic E-state index is -0.257. The molecule has 1 heterocycles. The quantitative estimate of drug-likeness (QED) is 0.649. The first kappa shape index (κ1) is 9.71. The summed E-state index contributed by atoms with van der Waals surface area (Å²) in [6.45, 7) is 5.58. The van der Waals surface area contributed by atoms with Crippen molar-refractivity contribution >= 4 is 5.97 Å². The lowest BCUT2D eigenvalue weighted by Gasteiger charge is -2.04. The van der Waals surface area contributed by atoms with Gasteiger partial charge in [0.2, 0.25) is 0 Å². The molecule has 3 heteroatoms. The van der Waals surface area contributed by atoms with Crippen molar-refractivity contribution in [1.82, 2.24) is 4.98 Å². The highest BCUT2D eigenvalue weighted by Gasteiger charge is 1.98. The van der Waals surface area contributed by atoms with Crippen LogP contribution in [0.3, 0.4) is 0 Å². The SMILES string of the molecule is CC(=O)OCc1cc(C)nc(C)c1. The van der Waals surface area contributed by atoms with Gasteiger partial charge in [-0.05, 0) is 31.5 Å². The molecular weight excluding hydrogens is 166 g/mol. The van der Waals surface area contributed by atoms with Gasteiger partial charge >= 0.3 is 5.97 Å². The zero-order valence-electron chi connectivity index (χ0n) is 8.13. The van der Waals surface area contributed by atoms with Gasteiger partial charge in [-0.25, -0.2) is 0 Å². The van der Waals surface area contributed by atoms with Gasteiger partial charge in [-0.15, -0.1) is 0 Å². The van der Waals surface area contributed by atoms with Crippen LogP contribution in [-0.4, -0.2) is 11.0 Å². The molecule has 1 aromatic rings. The maximum absolute atomic E-state index is 10.5. The molecule has 0 aromatic carbocycles. The lowest BCUT2D eigenvalue weighted by molar-refractivity contribution is -0.142. The number of rotatable bonds is 2. The van der Waals surface area contributed by atoms with Gasteiger partial charge in [0.25, 0.3) is 0 Å². The molecule has 1 aromatic heterocycles. The van der Waals surface area contributed by atoms with Gasteiger partial charge in [-0.1, -0.05) is 0 Å². The van der Waals surface area contributed by atoms with E-state index in [1.54, 1.807) is 0 Å². The predicted molar refractivity (Wildman–Crippen MR) is 49.2 cm³/mol. The van der Waals surface area contributed by atoms with Crippen LogP contribution in [0.25, 0.3) is 0 Å². The molecule has 0 fully saturated rings. The van der Waals surface area contributed by atoms with Gasteiger partial charge in [0, 0.05) is 18.3 Å². The van der Waals surface area contributed by atoms with Gasteiger partial charge in [0.05, 0.1) is 0 Å². The highest BCUT2D eigenvalue weighted by atomic mass is 16.5. The van der Waals surface area contributed by atoms with E-state index in [9.17, 15) is 4.79 Å². The molecule has 0 aliphatic heterocycles. The average Bonchev–Trinajstić information content (AvgIpc) is 1.99. The number of carbonyl (C=O) groups is 1. The van der Waals surface area contributed by atoms with Crippen LogP contribution in [-0.2, 0) is 16.1 Å². The Hall–Kier alpha value is -1.38. The van der Waals surface area contributed by atoms with Crippen molar-refractivity contribution in [2.24, 2.45) is 0 Å². The van der Waals surface area contributed by atoms with Gasteiger partial charge in [0.15, 0.2) is 0 Å². The number of pyridine rings is 1.